The highest BCUT2D eigenvalue weighted by Gasteiger charge is 2.28. The van der Waals surface area contributed by atoms with Gasteiger partial charge in [-0.3, -0.25) is 24.0 Å². The monoisotopic (exact) mass is 651 g/mol. The molecule has 8 N–H and O–H groups in total. The Hall–Kier alpha value is -6.92. The zero-order chi connectivity index (χ0) is 33.7. The van der Waals surface area contributed by atoms with Crippen molar-refractivity contribution < 1.29 is 18.8 Å². The number of nitrogens with zero attached hydrogens (tertiary/aromatic N) is 7. The Labute approximate surface area is 266 Å². The van der Waals surface area contributed by atoms with E-state index in [0.717, 1.165) is 27.3 Å². The maximum atomic E-state index is 14.4. The van der Waals surface area contributed by atoms with Gasteiger partial charge in [0.25, 0.3) is 34.4 Å². The first-order valence-electron chi connectivity index (χ1n) is 14.2. The van der Waals surface area contributed by atoms with Gasteiger partial charge in [0.2, 0.25) is 11.6 Å². The van der Waals surface area contributed by atoms with Crippen molar-refractivity contribution in [3.05, 3.63) is 103 Å². The fourth-order valence-corrected chi connectivity index (χ4v) is 5.39. The first-order chi connectivity index (χ1) is 23.1. The van der Waals surface area contributed by atoms with Crippen LogP contribution in [-0.4, -0.2) is 57.9 Å². The number of aromatic amines is 1. The molecular formula is C29H22FN13O5. The topological polar surface area (TPSA) is 271 Å². The largest absolute Gasteiger partial charge is 0.394 e. The number of H-pyrrole nitrogens is 1. The number of halogens is 1. The fraction of sp³-hybridized carbons (Fsp3) is 0.138. The van der Waals surface area contributed by atoms with Gasteiger partial charge in [0.15, 0.2) is 0 Å². The molecule has 0 saturated heterocycles. The summed E-state index contributed by atoms with van der Waals surface area (Å²) >= 11 is 0. The Bertz CT molecular complexity index is 2360. The number of fused-ring (bicyclic) bond motifs is 2. The molecule has 1 aliphatic rings. The molecule has 3 aromatic carbocycles. The van der Waals surface area contributed by atoms with Gasteiger partial charge in [0.05, 0.1) is 11.7 Å². The average Bonchev–Trinajstić information content (AvgIpc) is 3.86. The number of nitrogens with two attached hydrogens (primary N) is 2. The average molecular weight is 652 g/mol. The van der Waals surface area contributed by atoms with Gasteiger partial charge in [-0.15, -0.1) is 15.3 Å². The van der Waals surface area contributed by atoms with Gasteiger partial charge in [0, 0.05) is 18.2 Å². The molecule has 0 fully saturated rings. The molecule has 6 aromatic rings. The van der Waals surface area contributed by atoms with Crippen molar-refractivity contribution in [2.45, 2.75) is 25.4 Å². The van der Waals surface area contributed by atoms with E-state index in [0.29, 0.717) is 24.2 Å². The van der Waals surface area contributed by atoms with Crippen molar-refractivity contribution in [3.63, 3.8) is 0 Å². The van der Waals surface area contributed by atoms with Gasteiger partial charge < -0.3 is 27.4 Å². The minimum Gasteiger partial charge on any atom is -0.394 e. The molecule has 3 amide bonds. The third-order valence-corrected chi connectivity index (χ3v) is 7.82. The fourth-order valence-electron chi connectivity index (χ4n) is 5.39. The molecule has 0 spiro atoms. The second kappa shape index (κ2) is 11.5. The van der Waals surface area contributed by atoms with Crippen LogP contribution in [0.4, 0.5) is 21.5 Å². The summed E-state index contributed by atoms with van der Waals surface area (Å²) in [5.41, 5.74) is 11.2. The molecule has 19 heteroatoms. The van der Waals surface area contributed by atoms with Crippen LogP contribution in [0, 0.1) is 5.82 Å². The van der Waals surface area contributed by atoms with Gasteiger partial charge >= 0.3 is 0 Å². The highest BCUT2D eigenvalue weighted by atomic mass is 19.1. The van der Waals surface area contributed by atoms with E-state index < -0.39 is 40.2 Å². The van der Waals surface area contributed by atoms with E-state index in [4.69, 9.17) is 11.5 Å². The molecular weight excluding hydrogens is 629 g/mol. The van der Waals surface area contributed by atoms with Gasteiger partial charge in [-0.1, -0.05) is 18.2 Å². The van der Waals surface area contributed by atoms with Crippen LogP contribution in [-0.2, 0) is 13.0 Å². The van der Waals surface area contributed by atoms with Gasteiger partial charge in [-0.2, -0.15) is 14.7 Å². The Kier molecular flexibility index (Phi) is 7.11. The van der Waals surface area contributed by atoms with E-state index in [2.05, 4.69) is 51.6 Å². The number of amides is 3. The highest BCUT2D eigenvalue weighted by Crippen LogP contribution is 2.33. The summed E-state index contributed by atoms with van der Waals surface area (Å²) in [6, 6.07) is 10.2. The molecule has 1 aliphatic carbocycles. The summed E-state index contributed by atoms with van der Waals surface area (Å²) in [6.07, 6.45) is 1.26. The number of nitrogen functional groups attached to an aromatic ring is 1. The molecule has 1 atom stereocenters. The van der Waals surface area contributed by atoms with Crippen molar-refractivity contribution in [2.75, 3.05) is 11.1 Å². The van der Waals surface area contributed by atoms with Crippen LogP contribution in [0.25, 0.3) is 17.2 Å². The van der Waals surface area contributed by atoms with Crippen molar-refractivity contribution in [1.82, 2.24) is 50.8 Å². The maximum Gasteiger partial charge on any atom is 0.288 e. The number of nitrogens with one attached hydrogen (secondary N) is 4. The van der Waals surface area contributed by atoms with Crippen LogP contribution in [0.1, 0.15) is 60.7 Å². The zero-order valence-corrected chi connectivity index (χ0v) is 24.4. The number of primary amides is 1. The van der Waals surface area contributed by atoms with E-state index in [1.807, 2.05) is 18.2 Å². The van der Waals surface area contributed by atoms with Crippen LogP contribution in [0.3, 0.4) is 0 Å². The first kappa shape index (κ1) is 29.8. The van der Waals surface area contributed by atoms with E-state index in [9.17, 15) is 28.4 Å². The highest BCUT2D eigenvalue weighted by molar-refractivity contribution is 5.98. The molecule has 7 rings (SSSR count). The van der Waals surface area contributed by atoms with E-state index in [-0.39, 0.29) is 46.8 Å². The van der Waals surface area contributed by atoms with Crippen molar-refractivity contribution >= 4 is 40.6 Å². The number of tetrazole rings is 1. The quantitative estimate of drug-likeness (QED) is 0.111. The molecule has 240 valence electrons. The number of hydrogen-bond acceptors (Lipinski definition) is 13. The van der Waals surface area contributed by atoms with Crippen molar-refractivity contribution in [1.29, 1.82) is 0 Å². The molecule has 0 unspecified atom stereocenters. The molecule has 0 saturated carbocycles. The van der Waals surface area contributed by atoms with E-state index in [1.165, 1.54) is 18.2 Å². The summed E-state index contributed by atoms with van der Waals surface area (Å²) in [6.45, 7) is -0.131. The molecule has 18 nitrogen and oxygen atoms in total. The third-order valence-electron chi connectivity index (χ3n) is 7.82. The van der Waals surface area contributed by atoms with Gasteiger partial charge in [-0.05, 0) is 52.9 Å². The Morgan fingerprint density at radius 2 is 1.88 bits per heavy atom. The minimum atomic E-state index is -0.966. The van der Waals surface area contributed by atoms with Crippen LogP contribution in [0.15, 0.2) is 52.1 Å². The molecule has 0 radical (unpaired) electrons. The standard InChI is InChI=1S/C29H22FN13O5/c30-15-5-1-11(7-17(15)34-21-20(31)22(44)23(21)45)10-33-27(47)18-9-19(43-29(36-18)37-26(40-43)24(32)46)28(48)35-16-6-3-12-8-13(2-4-14(12)16)25-38-41-42-39-25/h1-2,4-5,7-9,16,34H,3,6,10,31H2,(H2,32,46)(H,33,47)(H,35,48)(H,38,39,41,42)/t16-/m0/s1. The predicted octanol–water partition coefficient (Wildman–Crippen LogP) is -0.188. The summed E-state index contributed by atoms with van der Waals surface area (Å²) in [4.78, 5) is 70.0. The SMILES string of the molecule is NC(=O)c1nc2nc(C(=O)NCc3ccc(F)c(Nc4c(N)c(=O)c4=O)c3)cc(C(=O)N[C@H]3CCc4cc(-c5nn[nH]n5)ccc43)n2n1. The number of carbonyl (C=O) groups excluding carboxylic acids is 3. The summed E-state index contributed by atoms with van der Waals surface area (Å²) in [7, 11) is 0. The minimum absolute atomic E-state index is 0.131. The summed E-state index contributed by atoms with van der Waals surface area (Å²) in [5, 5.41) is 26.1. The number of hydrogen-bond donors (Lipinski definition) is 6. The number of carbonyl (C=O) groups is 3. The van der Waals surface area contributed by atoms with E-state index >= 15 is 0 Å². The van der Waals surface area contributed by atoms with E-state index in [1.54, 1.807) is 0 Å². The van der Waals surface area contributed by atoms with Crippen molar-refractivity contribution in [3.8, 4) is 11.4 Å². The normalized spacial score (nSPS) is 13.8. The number of aromatic nitrogens is 8. The van der Waals surface area contributed by atoms with Gasteiger partial charge in [-0.25, -0.2) is 9.37 Å². The van der Waals surface area contributed by atoms with Crippen LogP contribution >= 0.6 is 0 Å². The second-order valence-electron chi connectivity index (χ2n) is 10.8. The lowest BCUT2D eigenvalue weighted by Gasteiger charge is -2.15. The molecule has 0 bridgehead atoms. The van der Waals surface area contributed by atoms with Crippen LogP contribution in [0.2, 0.25) is 0 Å². The first-order valence-corrected chi connectivity index (χ1v) is 14.2. The molecule has 3 aromatic heterocycles. The number of aryl methyl sites for hydroxylation is 1. The lowest BCUT2D eigenvalue weighted by Crippen LogP contribution is -2.36. The van der Waals surface area contributed by atoms with Gasteiger partial charge in [0.1, 0.15) is 28.6 Å². The number of rotatable bonds is 9. The number of anilines is 3. The molecule has 48 heavy (non-hydrogen) atoms. The lowest BCUT2D eigenvalue weighted by atomic mass is 10.0. The third kappa shape index (κ3) is 5.23. The summed E-state index contributed by atoms with van der Waals surface area (Å²) in [5.74, 6) is -3.25. The van der Waals surface area contributed by atoms with Crippen LogP contribution < -0.4 is 38.3 Å². The zero-order valence-electron chi connectivity index (χ0n) is 24.4. The molecule has 0 aliphatic heterocycles. The Balaban J connectivity index is 1.12. The van der Waals surface area contributed by atoms with Crippen LogP contribution in [0.5, 0.6) is 0 Å². The molecule has 3 heterocycles. The Morgan fingerprint density at radius 1 is 1.04 bits per heavy atom. The maximum absolute atomic E-state index is 14.4. The second-order valence-corrected chi connectivity index (χ2v) is 10.8. The number of benzene rings is 2. The van der Waals surface area contributed by atoms with Crippen molar-refractivity contribution in [2.24, 2.45) is 5.73 Å². The smallest absolute Gasteiger partial charge is 0.288 e. The summed E-state index contributed by atoms with van der Waals surface area (Å²) < 4.78 is 15.4. The Morgan fingerprint density at radius 3 is 2.62 bits per heavy atom. The predicted molar refractivity (Wildman–Crippen MR) is 164 cm³/mol. The lowest BCUT2D eigenvalue weighted by molar-refractivity contribution is 0.0926.